The Balaban J connectivity index is 1.80. The summed E-state index contributed by atoms with van der Waals surface area (Å²) in [6.07, 6.45) is 0.652. The van der Waals surface area contributed by atoms with Crippen LogP contribution >= 0.6 is 15.9 Å². The Morgan fingerprint density at radius 1 is 1.26 bits per heavy atom. The van der Waals surface area contributed by atoms with Crippen LogP contribution in [-0.4, -0.2) is 27.7 Å². The van der Waals surface area contributed by atoms with Crippen molar-refractivity contribution in [1.29, 1.82) is 0 Å². The number of carbonyl (C=O) groups is 1. The molecule has 2 heterocycles. The fourth-order valence-corrected chi connectivity index (χ4v) is 2.94. The highest BCUT2D eigenvalue weighted by Gasteiger charge is 2.28. The number of halogens is 1. The lowest BCUT2D eigenvalue weighted by Gasteiger charge is -2.16. The Morgan fingerprint density at radius 3 is 2.89 bits per heavy atom. The lowest BCUT2D eigenvalue weighted by atomic mass is 10.2. The van der Waals surface area contributed by atoms with E-state index in [9.17, 15) is 4.79 Å². The molecule has 4 heteroatoms. The molecular formula is C15H15BrN2O. The van der Waals surface area contributed by atoms with Crippen LogP contribution in [0.1, 0.15) is 12.1 Å². The van der Waals surface area contributed by atoms with Gasteiger partial charge in [-0.2, -0.15) is 0 Å². The Bertz CT molecular complexity index is 614. The van der Waals surface area contributed by atoms with Crippen LogP contribution in [0.15, 0.2) is 36.4 Å². The van der Waals surface area contributed by atoms with Crippen LogP contribution in [-0.2, 0) is 11.3 Å². The van der Waals surface area contributed by atoms with Crippen LogP contribution in [0.4, 0.5) is 0 Å². The minimum Gasteiger partial charge on any atom is -0.336 e. The number of pyridine rings is 1. The highest BCUT2D eigenvalue weighted by Crippen LogP contribution is 2.22. The number of carbonyl (C=O) groups excluding carboxylic acids is 1. The third-order valence-electron chi connectivity index (χ3n) is 3.52. The summed E-state index contributed by atoms with van der Waals surface area (Å²) in [7, 11) is 0. The van der Waals surface area contributed by atoms with Gasteiger partial charge in [0.05, 0.1) is 17.8 Å². The van der Waals surface area contributed by atoms with Crippen molar-refractivity contribution in [3.63, 3.8) is 0 Å². The second-order valence-corrected chi connectivity index (χ2v) is 5.64. The predicted octanol–water partition coefficient (Wildman–Crippen LogP) is 2.98. The number of hydrogen-bond acceptors (Lipinski definition) is 2. The molecule has 1 aliphatic heterocycles. The lowest BCUT2D eigenvalue weighted by Crippen LogP contribution is -2.25. The van der Waals surface area contributed by atoms with Gasteiger partial charge in [0.1, 0.15) is 0 Å². The summed E-state index contributed by atoms with van der Waals surface area (Å²) in [5, 5.41) is 2.03. The number of benzene rings is 1. The molecule has 0 spiro atoms. The normalized spacial score (nSPS) is 19.3. The Hall–Kier alpha value is -1.42. The van der Waals surface area contributed by atoms with Gasteiger partial charge >= 0.3 is 0 Å². The van der Waals surface area contributed by atoms with Crippen molar-refractivity contribution in [3.05, 3.63) is 42.1 Å². The predicted molar refractivity (Wildman–Crippen MR) is 79.1 cm³/mol. The molecule has 2 aromatic rings. The highest BCUT2D eigenvalue weighted by molar-refractivity contribution is 9.09. The van der Waals surface area contributed by atoms with Gasteiger partial charge in [-0.25, -0.2) is 0 Å². The molecule has 1 fully saturated rings. The maximum atomic E-state index is 11.9. The molecule has 19 heavy (non-hydrogen) atoms. The maximum absolute atomic E-state index is 11.9. The van der Waals surface area contributed by atoms with Gasteiger partial charge in [-0.15, -0.1) is 0 Å². The van der Waals surface area contributed by atoms with E-state index in [1.54, 1.807) is 0 Å². The Morgan fingerprint density at radius 2 is 2.11 bits per heavy atom. The van der Waals surface area contributed by atoms with E-state index in [1.807, 2.05) is 35.2 Å². The van der Waals surface area contributed by atoms with Crippen LogP contribution in [0.25, 0.3) is 10.9 Å². The molecule has 0 bridgehead atoms. The van der Waals surface area contributed by atoms with Gasteiger partial charge in [-0.3, -0.25) is 9.78 Å². The number of nitrogens with zero attached hydrogens (tertiary/aromatic N) is 2. The number of para-hydroxylation sites is 1. The molecule has 1 aliphatic rings. The summed E-state index contributed by atoms with van der Waals surface area (Å²) < 4.78 is 0. The average Bonchev–Trinajstić information content (AvgIpc) is 2.79. The summed E-state index contributed by atoms with van der Waals surface area (Å²) >= 11 is 3.45. The van der Waals surface area contributed by atoms with Gasteiger partial charge in [-0.05, 0) is 18.1 Å². The number of amides is 1. The largest absolute Gasteiger partial charge is 0.336 e. The Labute approximate surface area is 120 Å². The van der Waals surface area contributed by atoms with Crippen molar-refractivity contribution >= 4 is 32.7 Å². The van der Waals surface area contributed by atoms with Crippen LogP contribution < -0.4 is 0 Å². The van der Waals surface area contributed by atoms with Gasteiger partial charge in [0.25, 0.3) is 0 Å². The van der Waals surface area contributed by atoms with Crippen molar-refractivity contribution in [3.8, 4) is 0 Å². The summed E-state index contributed by atoms with van der Waals surface area (Å²) in [6.45, 7) is 1.45. The monoisotopic (exact) mass is 318 g/mol. The van der Waals surface area contributed by atoms with Gasteiger partial charge in [0.15, 0.2) is 0 Å². The maximum Gasteiger partial charge on any atom is 0.223 e. The number of aromatic nitrogens is 1. The number of fused-ring (bicyclic) bond motifs is 1. The van der Waals surface area contributed by atoms with E-state index in [2.05, 4.69) is 27.0 Å². The first-order valence-corrected chi connectivity index (χ1v) is 7.57. The zero-order chi connectivity index (χ0) is 13.2. The molecule has 1 atom stereocenters. The average molecular weight is 319 g/mol. The third kappa shape index (κ3) is 2.63. The molecule has 3 nitrogen and oxygen atoms in total. The van der Waals surface area contributed by atoms with Crippen molar-refractivity contribution < 1.29 is 4.79 Å². The van der Waals surface area contributed by atoms with Gasteiger partial charge < -0.3 is 4.90 Å². The fraction of sp³-hybridized carbons (Fsp3) is 0.333. The summed E-state index contributed by atoms with van der Waals surface area (Å²) in [5.74, 6) is 0.673. The standard InChI is InChI=1S/C15H15BrN2O/c16-8-11-7-15(19)18(9-11)10-13-6-5-12-3-1-2-4-14(12)17-13/h1-6,11H,7-10H2. The molecule has 98 valence electrons. The molecule has 0 saturated carbocycles. The smallest absolute Gasteiger partial charge is 0.223 e. The third-order valence-corrected chi connectivity index (χ3v) is 4.44. The first-order valence-electron chi connectivity index (χ1n) is 6.44. The van der Waals surface area contributed by atoms with E-state index in [-0.39, 0.29) is 5.91 Å². The van der Waals surface area contributed by atoms with Crippen molar-refractivity contribution in [1.82, 2.24) is 9.88 Å². The van der Waals surface area contributed by atoms with E-state index in [1.165, 1.54) is 0 Å². The van der Waals surface area contributed by atoms with E-state index < -0.39 is 0 Å². The topological polar surface area (TPSA) is 33.2 Å². The minimum atomic E-state index is 0.236. The van der Waals surface area contributed by atoms with Crippen molar-refractivity contribution in [2.24, 2.45) is 5.92 Å². The summed E-state index contributed by atoms with van der Waals surface area (Å²) in [6, 6.07) is 12.1. The SMILES string of the molecule is O=C1CC(CBr)CN1Cc1ccc2ccccc2n1. The second-order valence-electron chi connectivity index (χ2n) is 4.99. The molecule has 0 aliphatic carbocycles. The van der Waals surface area contributed by atoms with Gasteiger partial charge in [-0.1, -0.05) is 40.2 Å². The number of alkyl halides is 1. The van der Waals surface area contributed by atoms with Crippen LogP contribution in [0, 0.1) is 5.92 Å². The quantitative estimate of drug-likeness (QED) is 0.815. The molecular weight excluding hydrogens is 304 g/mol. The first-order chi connectivity index (χ1) is 9.26. The zero-order valence-electron chi connectivity index (χ0n) is 10.6. The number of hydrogen-bond donors (Lipinski definition) is 0. The van der Waals surface area contributed by atoms with E-state index >= 15 is 0 Å². The number of rotatable bonds is 3. The molecule has 1 aromatic heterocycles. The molecule has 1 amide bonds. The van der Waals surface area contributed by atoms with Crippen LogP contribution in [0.2, 0.25) is 0 Å². The number of likely N-dealkylation sites (tertiary alicyclic amines) is 1. The molecule has 1 unspecified atom stereocenters. The molecule has 1 aromatic carbocycles. The molecule has 3 rings (SSSR count). The summed E-state index contributed by atoms with van der Waals surface area (Å²) in [5.41, 5.74) is 1.95. The molecule has 0 radical (unpaired) electrons. The minimum absolute atomic E-state index is 0.236. The van der Waals surface area contributed by atoms with Gasteiger partial charge in [0, 0.05) is 23.7 Å². The molecule has 1 saturated heterocycles. The van der Waals surface area contributed by atoms with E-state index in [0.29, 0.717) is 18.9 Å². The van der Waals surface area contributed by atoms with Crippen LogP contribution in [0.3, 0.4) is 0 Å². The second kappa shape index (κ2) is 5.29. The first kappa shape index (κ1) is 12.6. The van der Waals surface area contributed by atoms with E-state index in [0.717, 1.165) is 28.5 Å². The lowest BCUT2D eigenvalue weighted by molar-refractivity contribution is -0.128. The highest BCUT2D eigenvalue weighted by atomic mass is 79.9. The van der Waals surface area contributed by atoms with Gasteiger partial charge in [0.2, 0.25) is 5.91 Å². The zero-order valence-corrected chi connectivity index (χ0v) is 12.1. The molecule has 0 N–H and O–H groups in total. The van der Waals surface area contributed by atoms with Crippen molar-refractivity contribution in [2.45, 2.75) is 13.0 Å². The summed E-state index contributed by atoms with van der Waals surface area (Å²) in [4.78, 5) is 18.4. The Kier molecular flexibility index (Phi) is 3.51. The van der Waals surface area contributed by atoms with E-state index in [4.69, 9.17) is 0 Å². The fourth-order valence-electron chi connectivity index (χ4n) is 2.50. The van der Waals surface area contributed by atoms with Crippen LogP contribution in [0.5, 0.6) is 0 Å². The van der Waals surface area contributed by atoms with Crippen molar-refractivity contribution in [2.75, 3.05) is 11.9 Å².